The molecule has 10 heteroatoms. The number of rotatable bonds is 4. The number of halogens is 1. The normalized spacial score (nSPS) is 19.6. The molecule has 0 bridgehead atoms. The number of pyridine rings is 1. The Hall–Kier alpha value is -3.43. The third-order valence-corrected chi connectivity index (χ3v) is 9.27. The molecule has 3 amide bonds. The smallest absolute Gasteiger partial charge is 0.254 e. The molecule has 0 aliphatic carbocycles. The van der Waals surface area contributed by atoms with Gasteiger partial charge in [0, 0.05) is 99.5 Å². The molecule has 3 fully saturated rings. The number of hydrogen-bond acceptors (Lipinski definition) is 5. The van der Waals surface area contributed by atoms with Crippen LogP contribution in [-0.2, 0) is 9.59 Å². The third-order valence-electron chi connectivity index (χ3n) is 9.07. The molecule has 216 valence electrons. The van der Waals surface area contributed by atoms with Crippen LogP contribution in [0, 0.1) is 5.92 Å². The van der Waals surface area contributed by atoms with E-state index in [0.717, 1.165) is 68.3 Å². The van der Waals surface area contributed by atoms with Gasteiger partial charge in [-0.2, -0.15) is 0 Å². The first kappa shape index (κ1) is 27.7. The van der Waals surface area contributed by atoms with Gasteiger partial charge in [0.1, 0.15) is 5.15 Å². The molecule has 1 N–H and O–H groups in total. The molecule has 5 heterocycles. The average molecular weight is 577 g/mol. The van der Waals surface area contributed by atoms with Crippen LogP contribution in [0.25, 0.3) is 22.2 Å². The van der Waals surface area contributed by atoms with Crippen molar-refractivity contribution in [3.63, 3.8) is 0 Å². The largest absolute Gasteiger partial charge is 0.361 e. The molecular weight excluding hydrogens is 540 g/mol. The number of piperazine rings is 1. The van der Waals surface area contributed by atoms with Crippen LogP contribution in [-0.4, -0.2) is 106 Å². The van der Waals surface area contributed by atoms with E-state index in [1.54, 1.807) is 13.0 Å². The number of fused-ring (bicyclic) bond motifs is 1. The summed E-state index contributed by atoms with van der Waals surface area (Å²) >= 11 is 6.37. The summed E-state index contributed by atoms with van der Waals surface area (Å²) < 4.78 is 0. The number of nitrogens with zero attached hydrogens (tertiary/aromatic N) is 5. The van der Waals surface area contributed by atoms with E-state index in [2.05, 4.69) is 14.9 Å². The number of likely N-dealkylation sites (tertiary alicyclic amines) is 2. The van der Waals surface area contributed by atoms with Gasteiger partial charge >= 0.3 is 0 Å². The van der Waals surface area contributed by atoms with E-state index in [9.17, 15) is 14.4 Å². The minimum Gasteiger partial charge on any atom is -0.361 e. The number of nitrogens with one attached hydrogen (secondary N) is 1. The molecule has 6 rings (SSSR count). The Labute approximate surface area is 245 Å². The Bertz CT molecular complexity index is 1430. The second-order valence-corrected chi connectivity index (χ2v) is 11.9. The number of carbonyl (C=O) groups excluding carboxylic acids is 3. The molecule has 9 nitrogen and oxygen atoms in total. The Morgan fingerprint density at radius 2 is 1.54 bits per heavy atom. The zero-order valence-electron chi connectivity index (χ0n) is 23.5. The highest BCUT2D eigenvalue weighted by atomic mass is 35.5. The highest BCUT2D eigenvalue weighted by Crippen LogP contribution is 2.27. The van der Waals surface area contributed by atoms with E-state index < -0.39 is 0 Å². The number of amides is 3. The summed E-state index contributed by atoms with van der Waals surface area (Å²) in [7, 11) is 0. The third kappa shape index (κ3) is 5.97. The number of aromatic nitrogens is 2. The first-order valence-electron chi connectivity index (χ1n) is 14.7. The number of aromatic amines is 1. The Morgan fingerprint density at radius 1 is 0.829 bits per heavy atom. The quantitative estimate of drug-likeness (QED) is 0.476. The lowest BCUT2D eigenvalue weighted by atomic mass is 9.93. The Balaban J connectivity index is 1.01. The van der Waals surface area contributed by atoms with Crippen LogP contribution in [0.5, 0.6) is 0 Å². The molecule has 0 atom stereocenters. The summed E-state index contributed by atoms with van der Waals surface area (Å²) in [5.74, 6) is 0.369. The lowest BCUT2D eigenvalue weighted by Gasteiger charge is -2.43. The molecule has 1 aromatic carbocycles. The summed E-state index contributed by atoms with van der Waals surface area (Å²) in [6.07, 6.45) is 5.35. The van der Waals surface area contributed by atoms with E-state index in [4.69, 9.17) is 11.6 Å². The van der Waals surface area contributed by atoms with Gasteiger partial charge in [-0.3, -0.25) is 19.3 Å². The second kappa shape index (κ2) is 11.8. The fourth-order valence-corrected chi connectivity index (χ4v) is 6.81. The van der Waals surface area contributed by atoms with E-state index in [1.165, 1.54) is 0 Å². The van der Waals surface area contributed by atoms with Crippen molar-refractivity contribution in [1.82, 2.24) is 29.6 Å². The lowest BCUT2D eigenvalue weighted by molar-refractivity contribution is -0.141. The maximum Gasteiger partial charge on any atom is 0.254 e. The molecule has 3 aliphatic heterocycles. The number of benzene rings is 1. The summed E-state index contributed by atoms with van der Waals surface area (Å²) in [4.78, 5) is 54.1. The summed E-state index contributed by atoms with van der Waals surface area (Å²) in [6, 6.07) is 12.0. The van der Waals surface area contributed by atoms with Crippen LogP contribution in [0.2, 0.25) is 5.15 Å². The highest BCUT2D eigenvalue weighted by molar-refractivity contribution is 6.30. The van der Waals surface area contributed by atoms with Gasteiger partial charge in [-0.15, -0.1) is 0 Å². The summed E-state index contributed by atoms with van der Waals surface area (Å²) in [6.45, 7) is 7.50. The Kier molecular flexibility index (Phi) is 7.99. The fourth-order valence-electron chi connectivity index (χ4n) is 6.60. The van der Waals surface area contributed by atoms with Gasteiger partial charge in [0.05, 0.1) is 5.69 Å². The van der Waals surface area contributed by atoms with E-state index in [-0.39, 0.29) is 23.6 Å². The molecule has 3 aliphatic rings. The number of carbonyl (C=O) groups is 3. The SMILES string of the molecule is CC(=O)N1CCC(C(=O)N2CCC(N3CCN(C(=O)c4cc(Cl)nc(-c5ccc6[nH]ccc6c5)c4)CC3)CC2)CC1. The zero-order valence-corrected chi connectivity index (χ0v) is 24.3. The molecular formula is C31H37ClN6O3. The first-order chi connectivity index (χ1) is 19.9. The molecule has 0 saturated carbocycles. The van der Waals surface area contributed by atoms with Crippen molar-refractivity contribution in [2.75, 3.05) is 52.4 Å². The lowest BCUT2D eigenvalue weighted by Crippen LogP contribution is -2.55. The van der Waals surface area contributed by atoms with Crippen LogP contribution < -0.4 is 0 Å². The number of hydrogen-bond donors (Lipinski definition) is 1. The maximum absolute atomic E-state index is 13.5. The fraction of sp³-hybridized carbons (Fsp3) is 0.484. The van der Waals surface area contributed by atoms with Gasteiger partial charge in [0.15, 0.2) is 0 Å². The van der Waals surface area contributed by atoms with Crippen molar-refractivity contribution >= 4 is 40.2 Å². The summed E-state index contributed by atoms with van der Waals surface area (Å²) in [5.41, 5.74) is 3.22. The first-order valence-corrected chi connectivity index (χ1v) is 15.1. The molecule has 3 saturated heterocycles. The Morgan fingerprint density at radius 3 is 2.24 bits per heavy atom. The van der Waals surface area contributed by atoms with E-state index in [1.807, 2.05) is 51.2 Å². The van der Waals surface area contributed by atoms with Crippen molar-refractivity contribution in [2.45, 2.75) is 38.6 Å². The van der Waals surface area contributed by atoms with Crippen LogP contribution in [0.15, 0.2) is 42.6 Å². The highest BCUT2D eigenvalue weighted by Gasteiger charge is 2.34. The van der Waals surface area contributed by atoms with Gasteiger partial charge in [0.2, 0.25) is 11.8 Å². The van der Waals surface area contributed by atoms with Gasteiger partial charge in [-0.25, -0.2) is 4.98 Å². The second-order valence-electron chi connectivity index (χ2n) is 11.5. The van der Waals surface area contributed by atoms with Crippen LogP contribution >= 0.6 is 11.6 Å². The minimum atomic E-state index is -0.0193. The molecule has 0 spiro atoms. The van der Waals surface area contributed by atoms with Gasteiger partial charge in [-0.05, 0) is 56.0 Å². The average Bonchev–Trinajstić information content (AvgIpc) is 3.48. The van der Waals surface area contributed by atoms with Crippen molar-refractivity contribution < 1.29 is 14.4 Å². The van der Waals surface area contributed by atoms with E-state index >= 15 is 0 Å². The minimum absolute atomic E-state index is 0.0193. The summed E-state index contributed by atoms with van der Waals surface area (Å²) in [5, 5.41) is 1.39. The molecule has 41 heavy (non-hydrogen) atoms. The predicted octanol–water partition coefficient (Wildman–Crippen LogP) is 3.89. The van der Waals surface area contributed by atoms with Crippen LogP contribution in [0.3, 0.4) is 0 Å². The zero-order chi connectivity index (χ0) is 28.5. The van der Waals surface area contributed by atoms with Crippen molar-refractivity contribution in [3.05, 3.63) is 53.3 Å². The van der Waals surface area contributed by atoms with Gasteiger partial charge in [-0.1, -0.05) is 17.7 Å². The van der Waals surface area contributed by atoms with Crippen molar-refractivity contribution in [2.24, 2.45) is 5.92 Å². The van der Waals surface area contributed by atoms with Gasteiger partial charge < -0.3 is 19.7 Å². The van der Waals surface area contributed by atoms with Gasteiger partial charge in [0.25, 0.3) is 5.91 Å². The van der Waals surface area contributed by atoms with Crippen LogP contribution in [0.4, 0.5) is 0 Å². The molecule has 0 radical (unpaired) electrons. The molecule has 0 unspecified atom stereocenters. The predicted molar refractivity (Wildman–Crippen MR) is 159 cm³/mol. The number of piperidine rings is 2. The van der Waals surface area contributed by atoms with Crippen molar-refractivity contribution in [3.8, 4) is 11.3 Å². The monoisotopic (exact) mass is 576 g/mol. The topological polar surface area (TPSA) is 92.9 Å². The standard InChI is InChI=1S/C31H37ClN6O3/c1-21(39)35-10-5-22(6-11-35)30(40)37-12-7-26(8-13-37)36-14-16-38(17-15-36)31(41)25-19-28(34-29(32)20-25)23-2-3-27-24(18-23)4-9-33-27/h2-4,9,18-20,22,26,33H,5-8,10-17H2,1H3. The molecule has 2 aromatic heterocycles. The van der Waals surface area contributed by atoms with Crippen molar-refractivity contribution in [1.29, 1.82) is 0 Å². The molecule has 3 aromatic rings. The van der Waals surface area contributed by atoms with E-state index in [0.29, 0.717) is 48.6 Å². The van der Waals surface area contributed by atoms with Crippen LogP contribution in [0.1, 0.15) is 43.0 Å². The number of H-pyrrole nitrogens is 1. The maximum atomic E-state index is 13.5.